The third kappa shape index (κ3) is 2.65. The van der Waals surface area contributed by atoms with Crippen LogP contribution < -0.4 is 0 Å². The summed E-state index contributed by atoms with van der Waals surface area (Å²) in [5.74, 6) is 1.22. The van der Waals surface area contributed by atoms with Crippen LogP contribution in [0.25, 0.3) is 0 Å². The second-order valence-electron chi connectivity index (χ2n) is 6.33. The maximum absolute atomic E-state index is 6.00. The zero-order valence-corrected chi connectivity index (χ0v) is 12.4. The van der Waals surface area contributed by atoms with E-state index in [1.165, 1.54) is 24.8 Å². The highest BCUT2D eigenvalue weighted by Gasteiger charge is 2.46. The monoisotopic (exact) mass is 252 g/mol. The Morgan fingerprint density at radius 2 is 1.94 bits per heavy atom. The van der Waals surface area contributed by atoms with Crippen molar-refractivity contribution in [3.05, 3.63) is 11.6 Å². The van der Waals surface area contributed by atoms with Crippen molar-refractivity contribution >= 4 is 0 Å². The highest BCUT2D eigenvalue weighted by Crippen LogP contribution is 2.47. The molecule has 1 aliphatic carbocycles. The van der Waals surface area contributed by atoms with Gasteiger partial charge in [-0.25, -0.2) is 0 Å². The van der Waals surface area contributed by atoms with Crippen LogP contribution in [0.1, 0.15) is 53.4 Å². The summed E-state index contributed by atoms with van der Waals surface area (Å²) in [5, 5.41) is 0. The van der Waals surface area contributed by atoms with E-state index in [9.17, 15) is 0 Å². The van der Waals surface area contributed by atoms with Crippen molar-refractivity contribution in [1.82, 2.24) is 0 Å². The Bertz CT molecular complexity index is 300. The molecule has 1 spiro atoms. The molecule has 2 atom stereocenters. The Balaban J connectivity index is 1.98. The van der Waals surface area contributed by atoms with Crippen molar-refractivity contribution in [3.63, 3.8) is 0 Å². The SMILES string of the molecule is CCCCC1OCC2(CO1)C(C)C=C(C)CC2C. The van der Waals surface area contributed by atoms with E-state index in [0.29, 0.717) is 11.8 Å². The molecule has 0 N–H and O–H groups in total. The lowest BCUT2D eigenvalue weighted by atomic mass is 9.63. The molecule has 1 aliphatic heterocycles. The molecule has 2 heteroatoms. The Kier molecular flexibility index (Phi) is 4.50. The van der Waals surface area contributed by atoms with Gasteiger partial charge in [0.25, 0.3) is 0 Å². The van der Waals surface area contributed by atoms with E-state index in [2.05, 4.69) is 33.8 Å². The van der Waals surface area contributed by atoms with E-state index in [1.807, 2.05) is 0 Å². The number of hydrogen-bond acceptors (Lipinski definition) is 2. The quantitative estimate of drug-likeness (QED) is 0.702. The minimum absolute atomic E-state index is 0.0435. The van der Waals surface area contributed by atoms with Crippen LogP contribution in [0.5, 0.6) is 0 Å². The number of hydrogen-bond donors (Lipinski definition) is 0. The van der Waals surface area contributed by atoms with Crippen molar-refractivity contribution in [2.45, 2.75) is 59.7 Å². The van der Waals surface area contributed by atoms with E-state index in [0.717, 1.165) is 19.6 Å². The highest BCUT2D eigenvalue weighted by molar-refractivity contribution is 5.13. The van der Waals surface area contributed by atoms with Gasteiger partial charge in [0.15, 0.2) is 6.29 Å². The van der Waals surface area contributed by atoms with Gasteiger partial charge in [-0.05, 0) is 38.0 Å². The van der Waals surface area contributed by atoms with Crippen LogP contribution in [0, 0.1) is 17.3 Å². The van der Waals surface area contributed by atoms with E-state index in [1.54, 1.807) is 0 Å². The van der Waals surface area contributed by atoms with Gasteiger partial charge in [-0.3, -0.25) is 0 Å². The van der Waals surface area contributed by atoms with E-state index < -0.39 is 0 Å². The smallest absolute Gasteiger partial charge is 0.157 e. The van der Waals surface area contributed by atoms with E-state index in [4.69, 9.17) is 9.47 Å². The molecular formula is C16H28O2. The zero-order chi connectivity index (χ0) is 13.2. The molecule has 104 valence electrons. The van der Waals surface area contributed by atoms with Crippen LogP contribution in [-0.4, -0.2) is 19.5 Å². The Hall–Kier alpha value is -0.340. The van der Waals surface area contributed by atoms with E-state index in [-0.39, 0.29) is 11.7 Å². The first kappa shape index (κ1) is 14.1. The van der Waals surface area contributed by atoms with Gasteiger partial charge in [-0.2, -0.15) is 0 Å². The molecule has 0 amide bonds. The van der Waals surface area contributed by atoms with Gasteiger partial charge in [0.2, 0.25) is 0 Å². The fourth-order valence-corrected chi connectivity index (χ4v) is 3.47. The summed E-state index contributed by atoms with van der Waals surface area (Å²) in [6, 6.07) is 0. The predicted octanol–water partition coefficient (Wildman–Crippen LogP) is 4.16. The van der Waals surface area contributed by atoms with Crippen LogP contribution in [0.2, 0.25) is 0 Å². The number of ether oxygens (including phenoxy) is 2. The molecule has 0 radical (unpaired) electrons. The lowest BCUT2D eigenvalue weighted by molar-refractivity contribution is -0.251. The lowest BCUT2D eigenvalue weighted by Gasteiger charge is -2.49. The third-order valence-corrected chi connectivity index (χ3v) is 4.92. The summed E-state index contributed by atoms with van der Waals surface area (Å²) in [4.78, 5) is 0. The fraction of sp³-hybridized carbons (Fsp3) is 0.875. The number of unbranched alkanes of at least 4 members (excludes halogenated alkanes) is 1. The van der Waals surface area contributed by atoms with Gasteiger partial charge in [0, 0.05) is 5.41 Å². The average Bonchev–Trinajstić information content (AvgIpc) is 2.35. The normalized spacial score (nSPS) is 40.9. The van der Waals surface area contributed by atoms with Crippen molar-refractivity contribution in [3.8, 4) is 0 Å². The molecule has 0 aromatic heterocycles. The van der Waals surface area contributed by atoms with Gasteiger partial charge in [-0.1, -0.05) is 38.8 Å². The van der Waals surface area contributed by atoms with Gasteiger partial charge in [0.05, 0.1) is 13.2 Å². The summed E-state index contributed by atoms with van der Waals surface area (Å²) >= 11 is 0. The Morgan fingerprint density at radius 3 is 2.50 bits per heavy atom. The standard InChI is InChI=1S/C16H28O2/c1-5-6-7-15-17-10-16(11-18-15)13(3)8-12(2)9-14(16)4/h8,13-15H,5-7,9-11H2,1-4H3. The highest BCUT2D eigenvalue weighted by atomic mass is 16.7. The number of allylic oxidation sites excluding steroid dienone is 2. The molecule has 2 aliphatic rings. The molecule has 0 aromatic rings. The minimum Gasteiger partial charge on any atom is -0.352 e. The van der Waals surface area contributed by atoms with Gasteiger partial charge in [-0.15, -0.1) is 0 Å². The van der Waals surface area contributed by atoms with Crippen molar-refractivity contribution in [2.24, 2.45) is 17.3 Å². The molecule has 2 rings (SSSR count). The topological polar surface area (TPSA) is 18.5 Å². The summed E-state index contributed by atoms with van der Waals surface area (Å²) in [6.45, 7) is 10.9. The first-order valence-electron chi connectivity index (χ1n) is 7.49. The summed E-state index contributed by atoms with van der Waals surface area (Å²) in [6.07, 6.45) is 7.10. The van der Waals surface area contributed by atoms with Gasteiger partial charge >= 0.3 is 0 Å². The zero-order valence-electron chi connectivity index (χ0n) is 12.4. The average molecular weight is 252 g/mol. The largest absolute Gasteiger partial charge is 0.352 e. The molecule has 0 saturated carbocycles. The molecule has 0 aromatic carbocycles. The van der Waals surface area contributed by atoms with Crippen LogP contribution >= 0.6 is 0 Å². The van der Waals surface area contributed by atoms with Crippen LogP contribution in [0.4, 0.5) is 0 Å². The maximum Gasteiger partial charge on any atom is 0.157 e. The molecule has 0 bridgehead atoms. The second kappa shape index (κ2) is 5.75. The first-order valence-corrected chi connectivity index (χ1v) is 7.49. The summed E-state index contributed by atoms with van der Waals surface area (Å²) in [7, 11) is 0. The molecule has 2 unspecified atom stereocenters. The molecular weight excluding hydrogens is 224 g/mol. The molecule has 1 heterocycles. The molecule has 2 nitrogen and oxygen atoms in total. The maximum atomic E-state index is 6.00. The van der Waals surface area contributed by atoms with Crippen LogP contribution in [0.15, 0.2) is 11.6 Å². The Morgan fingerprint density at radius 1 is 1.28 bits per heavy atom. The minimum atomic E-state index is 0.0435. The van der Waals surface area contributed by atoms with Crippen LogP contribution in [0.3, 0.4) is 0 Å². The molecule has 18 heavy (non-hydrogen) atoms. The Labute approximate surface area is 112 Å². The van der Waals surface area contributed by atoms with Crippen LogP contribution in [-0.2, 0) is 9.47 Å². The van der Waals surface area contributed by atoms with Gasteiger partial charge in [0.1, 0.15) is 0 Å². The number of rotatable bonds is 3. The fourth-order valence-electron chi connectivity index (χ4n) is 3.47. The van der Waals surface area contributed by atoms with Crippen molar-refractivity contribution in [1.29, 1.82) is 0 Å². The summed E-state index contributed by atoms with van der Waals surface area (Å²) < 4.78 is 12.0. The lowest BCUT2D eigenvalue weighted by Crippen LogP contribution is -2.50. The third-order valence-electron chi connectivity index (χ3n) is 4.92. The summed E-state index contributed by atoms with van der Waals surface area (Å²) in [5.41, 5.74) is 1.73. The second-order valence-corrected chi connectivity index (χ2v) is 6.33. The predicted molar refractivity (Wildman–Crippen MR) is 74.4 cm³/mol. The molecule has 1 fully saturated rings. The van der Waals surface area contributed by atoms with Gasteiger partial charge < -0.3 is 9.47 Å². The van der Waals surface area contributed by atoms with Crippen molar-refractivity contribution < 1.29 is 9.47 Å². The first-order chi connectivity index (χ1) is 8.58. The van der Waals surface area contributed by atoms with E-state index >= 15 is 0 Å². The van der Waals surface area contributed by atoms with Crippen molar-refractivity contribution in [2.75, 3.05) is 13.2 Å². The molecule has 1 saturated heterocycles.